The highest BCUT2D eigenvalue weighted by Gasteiger charge is 2.45. The zero-order valence-corrected chi connectivity index (χ0v) is 31.3. The molecule has 0 unspecified atom stereocenters. The minimum absolute atomic E-state index is 0.0432. The number of tetrazole rings is 1. The van der Waals surface area contributed by atoms with Crippen LogP contribution in [0.4, 0.5) is 36.4 Å². The van der Waals surface area contributed by atoms with Gasteiger partial charge in [-0.1, -0.05) is 23.7 Å². The second kappa shape index (κ2) is 17.4. The number of ether oxygens (including phenoxy) is 2. The van der Waals surface area contributed by atoms with E-state index in [1.807, 2.05) is 12.1 Å². The molecule has 58 heavy (non-hydrogen) atoms. The predicted molar refractivity (Wildman–Crippen MR) is 201 cm³/mol. The van der Waals surface area contributed by atoms with Crippen LogP contribution in [0.5, 0.6) is 6.01 Å². The monoisotopic (exact) mass is 820 g/mol. The number of methoxy groups -OCH3 is 1. The number of nitrogens with one attached hydrogen (secondary N) is 4. The van der Waals surface area contributed by atoms with Gasteiger partial charge in [-0.2, -0.15) is 32.8 Å². The van der Waals surface area contributed by atoms with Crippen LogP contribution in [0.15, 0.2) is 77.8 Å². The average molecular weight is 821 g/mol. The number of halogens is 4. The number of nitrogens with zero attached hydrogens (tertiary/aromatic N) is 8. The fourth-order valence-corrected chi connectivity index (χ4v) is 5.45. The first-order chi connectivity index (χ1) is 27.7. The maximum Gasteiger partial charge on any atom is 0.422 e. The molecule has 300 valence electrons. The largest absolute Gasteiger partial charge is 0.465 e. The number of hydrogen-bond acceptors (Lipinski definition) is 14. The highest BCUT2D eigenvalue weighted by Crippen LogP contribution is 2.48. The second-order valence-electron chi connectivity index (χ2n) is 12.6. The van der Waals surface area contributed by atoms with E-state index in [0.717, 1.165) is 12.7 Å². The van der Waals surface area contributed by atoms with E-state index in [2.05, 4.69) is 56.7 Å². The van der Waals surface area contributed by atoms with Crippen molar-refractivity contribution in [3.05, 3.63) is 94.8 Å². The Hall–Kier alpha value is -7.03. The third-order valence-electron chi connectivity index (χ3n) is 8.37. The van der Waals surface area contributed by atoms with Gasteiger partial charge in [0.1, 0.15) is 5.71 Å². The Morgan fingerprint density at radius 1 is 0.897 bits per heavy atom. The third-order valence-corrected chi connectivity index (χ3v) is 8.62. The Kier molecular flexibility index (Phi) is 12.2. The molecule has 0 atom stereocenters. The molecule has 3 aromatic carbocycles. The number of esters is 1. The fraction of sp³-hybridized carbons (Fsp3) is 0.250. The van der Waals surface area contributed by atoms with E-state index >= 15 is 0 Å². The molecule has 2 aromatic heterocycles. The molecule has 0 radical (unpaired) electrons. The molecule has 1 fully saturated rings. The summed E-state index contributed by atoms with van der Waals surface area (Å²) < 4.78 is 50.0. The van der Waals surface area contributed by atoms with Crippen molar-refractivity contribution in [2.45, 2.75) is 37.9 Å². The average Bonchev–Trinajstić information content (AvgIpc) is 3.85. The SMILES string of the molecule is COC(=O)/C(CCNC(=O)C(=O)Nc1ccc(-n2nnnc2C)cc1)=N\C(=O)c1ccc(Nc2nc(NC3(c4ccc(Cl)cc4)CC3)nc(OCC(F)(F)F)n2)cc1. The highest BCUT2D eigenvalue weighted by atomic mass is 35.5. The van der Waals surface area contributed by atoms with Gasteiger partial charge in [0, 0.05) is 34.9 Å². The molecule has 0 saturated heterocycles. The number of aliphatic imine (C=N–C) groups is 1. The zero-order valence-electron chi connectivity index (χ0n) is 30.5. The Balaban J connectivity index is 1.07. The Bertz CT molecular complexity index is 2340. The van der Waals surface area contributed by atoms with Crippen molar-refractivity contribution in [1.29, 1.82) is 0 Å². The van der Waals surface area contributed by atoms with Crippen molar-refractivity contribution in [1.82, 2.24) is 40.5 Å². The number of benzene rings is 3. The number of aryl methyl sites for hydroxylation is 1. The minimum atomic E-state index is -4.65. The van der Waals surface area contributed by atoms with Gasteiger partial charge in [0.2, 0.25) is 11.9 Å². The minimum Gasteiger partial charge on any atom is -0.465 e. The summed E-state index contributed by atoms with van der Waals surface area (Å²) in [5.41, 5.74) is 1.32. The van der Waals surface area contributed by atoms with Gasteiger partial charge in [-0.3, -0.25) is 14.4 Å². The van der Waals surface area contributed by atoms with Crippen LogP contribution in [0.2, 0.25) is 5.02 Å². The Morgan fingerprint density at radius 2 is 1.57 bits per heavy atom. The number of anilines is 4. The molecule has 6 rings (SSSR count). The van der Waals surface area contributed by atoms with Crippen molar-refractivity contribution in [3.8, 4) is 11.7 Å². The van der Waals surface area contributed by atoms with E-state index in [4.69, 9.17) is 21.1 Å². The van der Waals surface area contributed by atoms with E-state index in [-0.39, 0.29) is 36.1 Å². The number of hydrogen-bond donors (Lipinski definition) is 4. The molecule has 0 aliphatic heterocycles. The molecular weight excluding hydrogens is 789 g/mol. The lowest BCUT2D eigenvalue weighted by Crippen LogP contribution is -2.37. The van der Waals surface area contributed by atoms with E-state index in [1.54, 1.807) is 43.3 Å². The van der Waals surface area contributed by atoms with Crippen molar-refractivity contribution >= 4 is 64.3 Å². The fourth-order valence-electron chi connectivity index (χ4n) is 5.33. The molecule has 18 nitrogen and oxygen atoms in total. The number of amides is 3. The summed E-state index contributed by atoms with van der Waals surface area (Å²) in [6, 6.07) is 18.5. The van der Waals surface area contributed by atoms with Gasteiger partial charge < -0.3 is 30.7 Å². The summed E-state index contributed by atoms with van der Waals surface area (Å²) >= 11 is 6.03. The number of alkyl halides is 3. The van der Waals surface area contributed by atoms with E-state index in [0.29, 0.717) is 40.8 Å². The molecule has 1 aliphatic carbocycles. The van der Waals surface area contributed by atoms with E-state index in [9.17, 15) is 32.3 Å². The lowest BCUT2D eigenvalue weighted by molar-refractivity contribution is -0.154. The molecule has 1 saturated carbocycles. The molecule has 0 spiro atoms. The summed E-state index contributed by atoms with van der Waals surface area (Å²) in [4.78, 5) is 66.6. The van der Waals surface area contributed by atoms with Crippen LogP contribution in [0.25, 0.3) is 5.69 Å². The summed E-state index contributed by atoms with van der Waals surface area (Å²) in [5.74, 6) is -3.40. The predicted octanol–water partition coefficient (Wildman–Crippen LogP) is 4.49. The smallest absolute Gasteiger partial charge is 0.422 e. The van der Waals surface area contributed by atoms with Gasteiger partial charge in [-0.25, -0.2) is 9.79 Å². The van der Waals surface area contributed by atoms with E-state index in [1.165, 1.54) is 28.9 Å². The molecule has 5 aromatic rings. The number of rotatable bonds is 14. The first-order valence-corrected chi connectivity index (χ1v) is 17.6. The molecule has 1 aliphatic rings. The van der Waals surface area contributed by atoms with Crippen LogP contribution in [-0.4, -0.2) is 91.0 Å². The molecule has 3 amide bonds. The van der Waals surface area contributed by atoms with Crippen molar-refractivity contribution in [2.75, 3.05) is 36.2 Å². The van der Waals surface area contributed by atoms with Crippen molar-refractivity contribution in [2.24, 2.45) is 4.99 Å². The normalized spacial score (nSPS) is 13.2. The van der Waals surface area contributed by atoms with Gasteiger partial charge in [0.05, 0.1) is 18.3 Å². The van der Waals surface area contributed by atoms with E-state index < -0.39 is 48.0 Å². The van der Waals surface area contributed by atoms with Crippen LogP contribution >= 0.6 is 11.6 Å². The Morgan fingerprint density at radius 3 is 2.19 bits per heavy atom. The van der Waals surface area contributed by atoms with Crippen LogP contribution in [0.3, 0.4) is 0 Å². The summed E-state index contributed by atoms with van der Waals surface area (Å²) in [6.07, 6.45) is -3.51. The quantitative estimate of drug-likeness (QED) is 0.0688. The van der Waals surface area contributed by atoms with Gasteiger partial charge in [0.25, 0.3) is 5.91 Å². The number of carbonyl (C=O) groups is 4. The molecule has 0 bridgehead atoms. The van der Waals surface area contributed by atoms with Crippen LogP contribution in [-0.2, 0) is 24.7 Å². The van der Waals surface area contributed by atoms with Crippen LogP contribution in [0.1, 0.15) is 41.0 Å². The maximum absolute atomic E-state index is 13.1. The number of aromatic nitrogens is 7. The van der Waals surface area contributed by atoms with Crippen molar-refractivity contribution in [3.63, 3.8) is 0 Å². The molecule has 22 heteroatoms. The van der Waals surface area contributed by atoms with Gasteiger partial charge in [-0.15, -0.1) is 5.10 Å². The first kappa shape index (κ1) is 40.6. The molecule has 4 N–H and O–H groups in total. The van der Waals surface area contributed by atoms with Gasteiger partial charge in [-0.05, 0) is 96.4 Å². The lowest BCUT2D eigenvalue weighted by atomic mass is 10.1. The topological polar surface area (TPSA) is 229 Å². The van der Waals surface area contributed by atoms with Crippen LogP contribution in [0, 0.1) is 6.92 Å². The first-order valence-electron chi connectivity index (χ1n) is 17.2. The summed E-state index contributed by atoms with van der Waals surface area (Å²) in [6.45, 7) is -0.161. The maximum atomic E-state index is 13.1. The third kappa shape index (κ3) is 10.6. The number of carbonyl (C=O) groups excluding carboxylic acids is 4. The van der Waals surface area contributed by atoms with Crippen molar-refractivity contribution < 1.29 is 41.8 Å². The van der Waals surface area contributed by atoms with Crippen LogP contribution < -0.4 is 26.0 Å². The standard InChI is InChI=1S/C36H32ClF3N12O6/c1-20-49-50-51-52(20)26-13-11-24(12-14-26)42-30(55)29(54)41-18-15-27(31(56)57-2)44-28(53)21-3-9-25(10-4-21)43-32-45-33(47-34(46-32)58-19-36(38,39)40)48-35(16-17-35)22-5-7-23(37)8-6-22/h3-14H,15-19H2,1-2H3,(H,41,54)(H,42,55)(H2,43,45,46,47,48)/b44-27-. The summed E-state index contributed by atoms with van der Waals surface area (Å²) in [5, 5.41) is 22.6. The molecule has 2 heterocycles. The highest BCUT2D eigenvalue weighted by molar-refractivity contribution is 6.40. The lowest BCUT2D eigenvalue weighted by Gasteiger charge is -2.19. The Labute approximate surface area is 331 Å². The zero-order chi connectivity index (χ0) is 41.5. The summed E-state index contributed by atoms with van der Waals surface area (Å²) in [7, 11) is 1.09. The molecular formula is C36H32ClF3N12O6. The second-order valence-corrected chi connectivity index (χ2v) is 13.0. The van der Waals surface area contributed by atoms with Gasteiger partial charge in [0.15, 0.2) is 12.4 Å². The van der Waals surface area contributed by atoms with Gasteiger partial charge >= 0.3 is 30.0 Å².